The number of hydrazone groups is 1. The average molecular weight is 532 g/mol. The molecular formula is C24H19Cl2N3O3S2. The van der Waals surface area contributed by atoms with Crippen molar-refractivity contribution in [3.8, 4) is 11.5 Å². The van der Waals surface area contributed by atoms with Crippen LogP contribution in [0.1, 0.15) is 11.1 Å². The van der Waals surface area contributed by atoms with Crippen LogP contribution in [-0.2, 0) is 11.4 Å². The minimum atomic E-state index is -0.235. The van der Waals surface area contributed by atoms with Crippen molar-refractivity contribution in [2.45, 2.75) is 10.9 Å². The van der Waals surface area contributed by atoms with E-state index in [9.17, 15) is 4.79 Å². The highest BCUT2D eigenvalue weighted by molar-refractivity contribution is 8.01. The third-order valence-corrected chi connectivity index (χ3v) is 7.51. The lowest BCUT2D eigenvalue weighted by Gasteiger charge is -2.13. The zero-order valence-electron chi connectivity index (χ0n) is 18.0. The number of thioether (sulfide) groups is 1. The molecule has 4 rings (SSSR count). The Bertz CT molecular complexity index is 1310. The molecule has 4 aromatic rings. The van der Waals surface area contributed by atoms with Crippen molar-refractivity contribution in [3.05, 3.63) is 81.8 Å². The number of ether oxygens (including phenoxy) is 2. The summed E-state index contributed by atoms with van der Waals surface area (Å²) in [5.41, 5.74) is 4.98. The molecule has 10 heteroatoms. The van der Waals surface area contributed by atoms with Crippen molar-refractivity contribution in [2.24, 2.45) is 5.10 Å². The summed E-state index contributed by atoms with van der Waals surface area (Å²) in [6, 6.07) is 18.6. The summed E-state index contributed by atoms with van der Waals surface area (Å²) in [6.07, 6.45) is 1.52. The maximum absolute atomic E-state index is 12.3. The Morgan fingerprint density at radius 1 is 1.15 bits per heavy atom. The number of fused-ring (bicyclic) bond motifs is 1. The third kappa shape index (κ3) is 6.21. The van der Waals surface area contributed by atoms with E-state index >= 15 is 0 Å². The minimum absolute atomic E-state index is 0.204. The summed E-state index contributed by atoms with van der Waals surface area (Å²) in [4.78, 5) is 16.8. The second kappa shape index (κ2) is 11.6. The minimum Gasteiger partial charge on any atom is -0.493 e. The number of nitrogens with one attached hydrogen (secondary N) is 1. The van der Waals surface area contributed by atoms with Gasteiger partial charge in [0.1, 0.15) is 6.61 Å². The van der Waals surface area contributed by atoms with Crippen LogP contribution in [0.5, 0.6) is 11.5 Å². The van der Waals surface area contributed by atoms with Gasteiger partial charge in [0.25, 0.3) is 5.91 Å². The van der Waals surface area contributed by atoms with Crippen molar-refractivity contribution < 1.29 is 14.3 Å². The van der Waals surface area contributed by atoms with E-state index in [0.717, 1.165) is 20.1 Å². The first-order valence-corrected chi connectivity index (χ1v) is 12.6. The molecule has 0 atom stereocenters. The van der Waals surface area contributed by atoms with Gasteiger partial charge in [0, 0.05) is 5.56 Å². The molecule has 3 aromatic carbocycles. The maximum atomic E-state index is 12.3. The van der Waals surface area contributed by atoms with E-state index in [-0.39, 0.29) is 18.3 Å². The molecule has 0 aliphatic carbocycles. The fourth-order valence-electron chi connectivity index (χ4n) is 2.98. The smallest absolute Gasteiger partial charge is 0.250 e. The van der Waals surface area contributed by atoms with E-state index in [0.29, 0.717) is 27.1 Å². The molecule has 174 valence electrons. The van der Waals surface area contributed by atoms with Crippen molar-refractivity contribution in [3.63, 3.8) is 0 Å². The number of aromatic nitrogens is 1. The first-order chi connectivity index (χ1) is 16.5. The van der Waals surface area contributed by atoms with Crippen molar-refractivity contribution in [1.29, 1.82) is 0 Å². The number of amides is 1. The van der Waals surface area contributed by atoms with Crippen LogP contribution in [0.25, 0.3) is 10.2 Å². The molecule has 0 unspecified atom stereocenters. The molecule has 1 amide bonds. The van der Waals surface area contributed by atoms with Gasteiger partial charge in [-0.25, -0.2) is 10.4 Å². The van der Waals surface area contributed by atoms with Gasteiger partial charge in [-0.15, -0.1) is 11.3 Å². The maximum Gasteiger partial charge on any atom is 0.250 e. The number of nitrogens with zero attached hydrogens (tertiary/aromatic N) is 2. The van der Waals surface area contributed by atoms with E-state index in [1.807, 2.05) is 42.5 Å². The van der Waals surface area contributed by atoms with E-state index in [1.165, 1.54) is 18.0 Å². The SMILES string of the molecule is COc1cccc(/C=N\NC(=O)CSc2nc3ccccc3s2)c1OCc1ccc(Cl)c(Cl)c1. The van der Waals surface area contributed by atoms with Crippen LogP contribution in [0, 0.1) is 0 Å². The predicted octanol–water partition coefficient (Wildman–Crippen LogP) is 6.43. The number of hydrogen-bond acceptors (Lipinski definition) is 7. The monoisotopic (exact) mass is 531 g/mol. The quantitative estimate of drug-likeness (QED) is 0.153. The van der Waals surface area contributed by atoms with Crippen LogP contribution < -0.4 is 14.9 Å². The molecule has 1 heterocycles. The second-order valence-electron chi connectivity index (χ2n) is 6.95. The third-order valence-electron chi connectivity index (χ3n) is 4.59. The highest BCUT2D eigenvalue weighted by atomic mass is 35.5. The Labute approximate surface area is 214 Å². The molecule has 0 aliphatic heterocycles. The van der Waals surface area contributed by atoms with Crippen LogP contribution in [0.2, 0.25) is 10.0 Å². The molecule has 1 aromatic heterocycles. The number of hydrogen-bond donors (Lipinski definition) is 1. The van der Waals surface area contributed by atoms with E-state index in [4.69, 9.17) is 32.7 Å². The van der Waals surface area contributed by atoms with Gasteiger partial charge in [-0.3, -0.25) is 4.79 Å². The van der Waals surface area contributed by atoms with Gasteiger partial charge < -0.3 is 9.47 Å². The number of rotatable bonds is 9. The molecule has 34 heavy (non-hydrogen) atoms. The van der Waals surface area contributed by atoms with E-state index < -0.39 is 0 Å². The summed E-state index contributed by atoms with van der Waals surface area (Å²) in [7, 11) is 1.56. The molecule has 6 nitrogen and oxygen atoms in total. The Balaban J connectivity index is 1.37. The molecule has 0 radical (unpaired) electrons. The number of methoxy groups -OCH3 is 1. The lowest BCUT2D eigenvalue weighted by atomic mass is 10.2. The first-order valence-electron chi connectivity index (χ1n) is 10.1. The van der Waals surface area contributed by atoms with E-state index in [1.54, 1.807) is 36.6 Å². The molecule has 0 bridgehead atoms. The standard InChI is InChI=1S/C24H19Cl2N3O3S2/c1-31-20-7-4-5-16(23(20)32-13-15-9-10-17(25)18(26)11-15)12-27-29-22(30)14-33-24-28-19-6-2-3-8-21(19)34-24/h2-12H,13-14H2,1H3,(H,29,30)/b27-12-. The van der Waals surface area contributed by atoms with Gasteiger partial charge in [0.15, 0.2) is 15.8 Å². The Morgan fingerprint density at radius 2 is 2.00 bits per heavy atom. The average Bonchev–Trinajstić information content (AvgIpc) is 3.27. The molecule has 1 N–H and O–H groups in total. The molecule has 0 fully saturated rings. The summed E-state index contributed by atoms with van der Waals surface area (Å²) in [6.45, 7) is 0.253. The summed E-state index contributed by atoms with van der Waals surface area (Å²) in [5, 5.41) is 5.02. The number of thiazole rings is 1. The Hall–Kier alpha value is -2.78. The number of benzene rings is 3. The molecule has 0 saturated carbocycles. The predicted molar refractivity (Wildman–Crippen MR) is 140 cm³/mol. The van der Waals surface area contributed by atoms with Gasteiger partial charge in [0.2, 0.25) is 0 Å². The highest BCUT2D eigenvalue weighted by Crippen LogP contribution is 2.32. The molecule has 0 spiro atoms. The molecular weight excluding hydrogens is 513 g/mol. The normalized spacial score (nSPS) is 11.1. The van der Waals surface area contributed by atoms with Crippen molar-refractivity contribution in [2.75, 3.05) is 12.9 Å². The lowest BCUT2D eigenvalue weighted by molar-refractivity contribution is -0.118. The van der Waals surface area contributed by atoms with Gasteiger partial charge in [-0.2, -0.15) is 5.10 Å². The van der Waals surface area contributed by atoms with Crippen LogP contribution in [0.4, 0.5) is 0 Å². The first kappa shape index (κ1) is 24.3. The second-order valence-corrected chi connectivity index (χ2v) is 10.0. The van der Waals surface area contributed by atoms with Crippen molar-refractivity contribution in [1.82, 2.24) is 10.4 Å². The van der Waals surface area contributed by atoms with Gasteiger partial charge in [-0.05, 0) is 42.0 Å². The summed E-state index contributed by atoms with van der Waals surface area (Å²) < 4.78 is 13.3. The van der Waals surface area contributed by atoms with Crippen LogP contribution in [0.3, 0.4) is 0 Å². The number of halogens is 2. The van der Waals surface area contributed by atoms with Crippen LogP contribution in [0.15, 0.2) is 70.1 Å². The Morgan fingerprint density at radius 3 is 2.79 bits per heavy atom. The molecule has 0 aliphatic rings. The fourth-order valence-corrected chi connectivity index (χ4v) is 5.16. The zero-order valence-corrected chi connectivity index (χ0v) is 21.1. The highest BCUT2D eigenvalue weighted by Gasteiger charge is 2.11. The molecule has 0 saturated heterocycles. The van der Waals surface area contributed by atoms with Gasteiger partial charge in [-0.1, -0.05) is 59.2 Å². The number of carbonyl (C=O) groups is 1. The number of carbonyl (C=O) groups excluding carboxylic acids is 1. The van der Waals surface area contributed by atoms with E-state index in [2.05, 4.69) is 15.5 Å². The topological polar surface area (TPSA) is 72.8 Å². The van der Waals surface area contributed by atoms with Crippen LogP contribution in [-0.4, -0.2) is 30.0 Å². The number of para-hydroxylation sites is 2. The van der Waals surface area contributed by atoms with Crippen LogP contribution >= 0.6 is 46.3 Å². The largest absolute Gasteiger partial charge is 0.493 e. The zero-order chi connectivity index (χ0) is 23.9. The summed E-state index contributed by atoms with van der Waals surface area (Å²) >= 11 is 15.0. The van der Waals surface area contributed by atoms with Gasteiger partial charge >= 0.3 is 0 Å². The van der Waals surface area contributed by atoms with Gasteiger partial charge in [0.05, 0.1) is 39.3 Å². The lowest BCUT2D eigenvalue weighted by Crippen LogP contribution is -2.19. The fraction of sp³-hybridized carbons (Fsp3) is 0.125. The van der Waals surface area contributed by atoms with Crippen molar-refractivity contribution >= 4 is 68.6 Å². The summed E-state index contributed by atoms with van der Waals surface area (Å²) in [5.74, 6) is 1.01. The Kier molecular flexibility index (Phi) is 8.29.